The lowest BCUT2D eigenvalue weighted by Crippen LogP contribution is -2.57. The van der Waals surface area contributed by atoms with E-state index in [4.69, 9.17) is 9.47 Å². The lowest BCUT2D eigenvalue weighted by Gasteiger charge is -2.38. The molecule has 5 unspecified atom stereocenters. The minimum absolute atomic E-state index is 0.710. The molecule has 1 fully saturated rings. The van der Waals surface area contributed by atoms with E-state index in [9.17, 15) is 20.1 Å². The highest BCUT2D eigenvalue weighted by molar-refractivity contribution is 5.87. The second-order valence-corrected chi connectivity index (χ2v) is 4.86. The highest BCUT2D eigenvalue weighted by Gasteiger charge is 2.43. The van der Waals surface area contributed by atoms with E-state index in [1.54, 1.807) is 6.08 Å². The van der Waals surface area contributed by atoms with E-state index in [1.807, 2.05) is 30.3 Å². The first-order chi connectivity index (χ1) is 9.99. The minimum Gasteiger partial charge on any atom is -0.430 e. The fraction of sp³-hybridized carbons (Fsp3) is 0.400. The van der Waals surface area contributed by atoms with Gasteiger partial charge in [0.25, 0.3) is 0 Å². The Labute approximate surface area is 122 Å². The molecule has 0 radical (unpaired) electrons. The van der Waals surface area contributed by atoms with Crippen molar-refractivity contribution in [3.05, 3.63) is 42.0 Å². The zero-order chi connectivity index (χ0) is 15.4. The molecule has 0 spiro atoms. The molecular formula is C15H18O6. The van der Waals surface area contributed by atoms with Crippen LogP contribution >= 0.6 is 0 Å². The van der Waals surface area contributed by atoms with Crippen LogP contribution in [0.1, 0.15) is 12.5 Å². The average Bonchev–Trinajstić information content (AvgIpc) is 2.49. The number of carbonyl (C=O) groups is 1. The molecule has 2 rings (SSSR count). The molecule has 114 valence electrons. The quantitative estimate of drug-likeness (QED) is 0.539. The monoisotopic (exact) mass is 294 g/mol. The minimum atomic E-state index is -1.50. The molecule has 0 aliphatic carbocycles. The summed E-state index contributed by atoms with van der Waals surface area (Å²) in [6.07, 6.45) is -3.45. The molecule has 21 heavy (non-hydrogen) atoms. The Morgan fingerprint density at radius 1 is 1.14 bits per heavy atom. The molecule has 0 bridgehead atoms. The fourth-order valence-corrected chi connectivity index (χ4v) is 1.99. The maximum absolute atomic E-state index is 11.7. The maximum atomic E-state index is 11.7. The molecule has 0 saturated carbocycles. The Morgan fingerprint density at radius 2 is 1.81 bits per heavy atom. The van der Waals surface area contributed by atoms with Crippen molar-refractivity contribution in [1.82, 2.24) is 0 Å². The Bertz CT molecular complexity index is 500. The fourth-order valence-electron chi connectivity index (χ4n) is 1.99. The van der Waals surface area contributed by atoms with Crippen LogP contribution in [-0.2, 0) is 14.3 Å². The van der Waals surface area contributed by atoms with Gasteiger partial charge in [0, 0.05) is 6.08 Å². The van der Waals surface area contributed by atoms with E-state index in [0.717, 1.165) is 5.56 Å². The number of carbonyl (C=O) groups excluding carboxylic acids is 1. The van der Waals surface area contributed by atoms with Crippen molar-refractivity contribution in [3.63, 3.8) is 0 Å². The van der Waals surface area contributed by atoms with Crippen molar-refractivity contribution >= 4 is 12.0 Å². The van der Waals surface area contributed by atoms with Gasteiger partial charge in [0.15, 0.2) is 0 Å². The summed E-state index contributed by atoms with van der Waals surface area (Å²) < 4.78 is 10.1. The van der Waals surface area contributed by atoms with Gasteiger partial charge in [-0.15, -0.1) is 0 Å². The number of benzene rings is 1. The number of hydrogen-bond donors (Lipinski definition) is 3. The first kappa shape index (κ1) is 15.7. The van der Waals surface area contributed by atoms with E-state index in [0.29, 0.717) is 0 Å². The summed E-state index contributed by atoms with van der Waals surface area (Å²) in [7, 11) is 0. The average molecular weight is 294 g/mol. The van der Waals surface area contributed by atoms with E-state index < -0.39 is 36.7 Å². The van der Waals surface area contributed by atoms with Crippen LogP contribution < -0.4 is 0 Å². The second kappa shape index (κ2) is 6.82. The van der Waals surface area contributed by atoms with Crippen LogP contribution in [0.5, 0.6) is 0 Å². The number of aliphatic hydroxyl groups excluding tert-OH is 3. The molecule has 0 aromatic heterocycles. The Morgan fingerprint density at radius 3 is 2.48 bits per heavy atom. The third kappa shape index (κ3) is 3.89. The zero-order valence-electron chi connectivity index (χ0n) is 11.5. The lowest BCUT2D eigenvalue weighted by atomic mass is 10.0. The summed E-state index contributed by atoms with van der Waals surface area (Å²) in [4.78, 5) is 11.7. The van der Waals surface area contributed by atoms with Crippen molar-refractivity contribution in [1.29, 1.82) is 0 Å². The third-order valence-electron chi connectivity index (χ3n) is 3.25. The van der Waals surface area contributed by atoms with Gasteiger partial charge >= 0.3 is 5.97 Å². The van der Waals surface area contributed by atoms with E-state index in [2.05, 4.69) is 0 Å². The topological polar surface area (TPSA) is 96.2 Å². The number of esters is 1. The van der Waals surface area contributed by atoms with Crippen LogP contribution in [0.25, 0.3) is 6.08 Å². The van der Waals surface area contributed by atoms with Crippen LogP contribution in [0.15, 0.2) is 36.4 Å². The first-order valence-corrected chi connectivity index (χ1v) is 6.62. The molecule has 3 N–H and O–H groups in total. The van der Waals surface area contributed by atoms with Crippen molar-refractivity contribution in [2.75, 3.05) is 0 Å². The third-order valence-corrected chi connectivity index (χ3v) is 3.25. The van der Waals surface area contributed by atoms with Crippen molar-refractivity contribution in [2.45, 2.75) is 37.6 Å². The Kier molecular flexibility index (Phi) is 5.08. The number of ether oxygens (including phenoxy) is 2. The molecule has 1 heterocycles. The maximum Gasteiger partial charge on any atom is 0.333 e. The molecule has 1 aliphatic rings. The van der Waals surface area contributed by atoms with Gasteiger partial charge in [-0.2, -0.15) is 0 Å². The summed E-state index contributed by atoms with van der Waals surface area (Å²) in [5.74, 6) is -0.710. The molecule has 6 nitrogen and oxygen atoms in total. The standard InChI is InChI=1S/C15H18O6/c1-9-12(17)13(18)14(19)15(20-9)21-11(16)8-7-10-5-3-2-4-6-10/h2-9,12-15,17-19H,1H3. The normalized spacial score (nSPS) is 33.0. The van der Waals surface area contributed by atoms with Crippen molar-refractivity contribution in [2.24, 2.45) is 0 Å². The van der Waals surface area contributed by atoms with Gasteiger partial charge in [0.2, 0.25) is 6.29 Å². The smallest absolute Gasteiger partial charge is 0.333 e. The van der Waals surface area contributed by atoms with Gasteiger partial charge in [-0.05, 0) is 18.6 Å². The number of rotatable bonds is 3. The van der Waals surface area contributed by atoms with Crippen LogP contribution in [0.2, 0.25) is 0 Å². The molecule has 0 amide bonds. The Hall–Kier alpha value is -1.73. The largest absolute Gasteiger partial charge is 0.430 e. The van der Waals surface area contributed by atoms with Gasteiger partial charge < -0.3 is 24.8 Å². The highest BCUT2D eigenvalue weighted by Crippen LogP contribution is 2.21. The van der Waals surface area contributed by atoms with Gasteiger partial charge in [0.1, 0.15) is 18.3 Å². The number of aliphatic hydroxyl groups is 3. The van der Waals surface area contributed by atoms with E-state index >= 15 is 0 Å². The van der Waals surface area contributed by atoms with Crippen LogP contribution in [0.3, 0.4) is 0 Å². The predicted octanol–water partition coefficient (Wildman–Crippen LogP) is 0.0705. The zero-order valence-corrected chi connectivity index (χ0v) is 11.5. The van der Waals surface area contributed by atoms with Gasteiger partial charge in [-0.3, -0.25) is 0 Å². The molecule has 1 aromatic rings. The lowest BCUT2D eigenvalue weighted by molar-refractivity contribution is -0.283. The van der Waals surface area contributed by atoms with Crippen LogP contribution in [0.4, 0.5) is 0 Å². The number of hydrogen-bond acceptors (Lipinski definition) is 6. The highest BCUT2D eigenvalue weighted by atomic mass is 16.7. The van der Waals surface area contributed by atoms with Crippen LogP contribution in [-0.4, -0.2) is 52.0 Å². The van der Waals surface area contributed by atoms with E-state index in [1.165, 1.54) is 13.0 Å². The molecule has 5 atom stereocenters. The first-order valence-electron chi connectivity index (χ1n) is 6.62. The molecule has 1 saturated heterocycles. The van der Waals surface area contributed by atoms with Gasteiger partial charge in [-0.1, -0.05) is 30.3 Å². The predicted molar refractivity (Wildman–Crippen MR) is 73.9 cm³/mol. The van der Waals surface area contributed by atoms with Crippen molar-refractivity contribution < 1.29 is 29.6 Å². The van der Waals surface area contributed by atoms with Gasteiger partial charge in [0.05, 0.1) is 6.10 Å². The summed E-state index contributed by atoms with van der Waals surface area (Å²) in [5, 5.41) is 28.9. The molecule has 1 aromatic carbocycles. The SMILES string of the molecule is CC1OC(OC(=O)C=Cc2ccccc2)C(O)C(O)C1O. The van der Waals surface area contributed by atoms with Gasteiger partial charge in [-0.25, -0.2) is 4.79 Å². The summed E-state index contributed by atoms with van der Waals surface area (Å²) in [6, 6.07) is 9.16. The summed E-state index contributed by atoms with van der Waals surface area (Å²) in [5.41, 5.74) is 0.823. The van der Waals surface area contributed by atoms with Crippen LogP contribution in [0, 0.1) is 0 Å². The Balaban J connectivity index is 1.95. The summed E-state index contributed by atoms with van der Waals surface area (Å²) in [6.45, 7) is 1.51. The molecule has 6 heteroatoms. The van der Waals surface area contributed by atoms with Crippen molar-refractivity contribution in [3.8, 4) is 0 Å². The molecular weight excluding hydrogens is 276 g/mol. The summed E-state index contributed by atoms with van der Waals surface area (Å²) >= 11 is 0. The van der Waals surface area contributed by atoms with E-state index in [-0.39, 0.29) is 0 Å². The molecule has 1 aliphatic heterocycles. The second-order valence-electron chi connectivity index (χ2n) is 4.86.